The Kier molecular flexibility index (Phi) is 6.21. The zero-order valence-corrected chi connectivity index (χ0v) is 17.3. The SMILES string of the molecule is COc1ccc(-c2noc(CNC(=O)c3cccc(NS(C)(=O)=O)c3)n2)c(OC)c1. The minimum absolute atomic E-state index is 0.00592. The number of ether oxygens (including phenoxy) is 2. The van der Waals surface area contributed by atoms with Crippen LogP contribution in [-0.4, -0.2) is 44.9 Å². The fourth-order valence-electron chi connectivity index (χ4n) is 2.62. The van der Waals surface area contributed by atoms with Gasteiger partial charge in [0.25, 0.3) is 5.91 Å². The molecule has 0 spiro atoms. The van der Waals surface area contributed by atoms with Crippen LogP contribution in [0.3, 0.4) is 0 Å². The minimum Gasteiger partial charge on any atom is -0.497 e. The maximum Gasteiger partial charge on any atom is 0.251 e. The number of hydrogen-bond donors (Lipinski definition) is 2. The van der Waals surface area contributed by atoms with Gasteiger partial charge in [0.15, 0.2) is 0 Å². The van der Waals surface area contributed by atoms with E-state index in [-0.39, 0.29) is 23.7 Å². The topological polar surface area (TPSA) is 133 Å². The van der Waals surface area contributed by atoms with Crippen molar-refractivity contribution in [2.45, 2.75) is 6.54 Å². The molecule has 0 saturated heterocycles. The van der Waals surface area contributed by atoms with E-state index in [1.54, 1.807) is 43.5 Å². The third-order valence-electron chi connectivity index (χ3n) is 3.95. The summed E-state index contributed by atoms with van der Waals surface area (Å²) in [6.45, 7) is -0.00592. The van der Waals surface area contributed by atoms with Gasteiger partial charge < -0.3 is 19.3 Å². The Labute approximate surface area is 173 Å². The predicted octanol–water partition coefficient (Wildman–Crippen LogP) is 2.06. The van der Waals surface area contributed by atoms with Gasteiger partial charge in [-0.3, -0.25) is 9.52 Å². The molecule has 30 heavy (non-hydrogen) atoms. The highest BCUT2D eigenvalue weighted by Gasteiger charge is 2.15. The van der Waals surface area contributed by atoms with Gasteiger partial charge in [-0.2, -0.15) is 4.98 Å². The van der Waals surface area contributed by atoms with Crippen molar-refractivity contribution in [1.29, 1.82) is 0 Å². The molecule has 0 bridgehead atoms. The number of sulfonamides is 1. The maximum absolute atomic E-state index is 12.4. The average Bonchev–Trinajstić information content (AvgIpc) is 3.19. The summed E-state index contributed by atoms with van der Waals surface area (Å²) in [6.07, 6.45) is 1.03. The first kappa shape index (κ1) is 21.1. The van der Waals surface area contributed by atoms with E-state index < -0.39 is 15.9 Å². The van der Waals surface area contributed by atoms with Crippen LogP contribution < -0.4 is 19.5 Å². The van der Waals surface area contributed by atoms with Gasteiger partial charge in [-0.05, 0) is 30.3 Å². The predicted molar refractivity (Wildman–Crippen MR) is 109 cm³/mol. The Bertz CT molecular complexity index is 1160. The van der Waals surface area contributed by atoms with Crippen molar-refractivity contribution in [3.8, 4) is 22.9 Å². The number of benzene rings is 2. The van der Waals surface area contributed by atoms with Crippen LogP contribution >= 0.6 is 0 Å². The van der Waals surface area contributed by atoms with E-state index in [0.717, 1.165) is 6.26 Å². The van der Waals surface area contributed by atoms with Crippen molar-refractivity contribution in [3.05, 3.63) is 53.9 Å². The van der Waals surface area contributed by atoms with Crippen LogP contribution in [0.4, 0.5) is 5.69 Å². The lowest BCUT2D eigenvalue weighted by Gasteiger charge is -2.07. The molecule has 1 heterocycles. The molecular formula is C19H20N4O6S. The Hall–Kier alpha value is -3.60. The largest absolute Gasteiger partial charge is 0.497 e. The van der Waals surface area contributed by atoms with E-state index in [0.29, 0.717) is 22.9 Å². The van der Waals surface area contributed by atoms with Crippen molar-refractivity contribution < 1.29 is 27.2 Å². The smallest absolute Gasteiger partial charge is 0.251 e. The van der Waals surface area contributed by atoms with Crippen LogP contribution in [0.25, 0.3) is 11.4 Å². The summed E-state index contributed by atoms with van der Waals surface area (Å²) in [5.41, 5.74) is 1.18. The minimum atomic E-state index is -3.44. The van der Waals surface area contributed by atoms with Crippen molar-refractivity contribution in [1.82, 2.24) is 15.5 Å². The first-order valence-electron chi connectivity index (χ1n) is 8.70. The number of rotatable bonds is 8. The van der Waals surface area contributed by atoms with Gasteiger partial charge in [-0.15, -0.1) is 0 Å². The molecule has 0 unspecified atom stereocenters. The quantitative estimate of drug-likeness (QED) is 0.553. The van der Waals surface area contributed by atoms with Crippen LogP contribution in [-0.2, 0) is 16.6 Å². The molecule has 1 aromatic heterocycles. The lowest BCUT2D eigenvalue weighted by molar-refractivity contribution is 0.0946. The van der Waals surface area contributed by atoms with E-state index in [2.05, 4.69) is 20.2 Å². The summed E-state index contributed by atoms with van der Waals surface area (Å²) in [6, 6.07) is 11.3. The second-order valence-corrected chi connectivity index (χ2v) is 7.96. The molecule has 0 aliphatic heterocycles. The molecule has 2 N–H and O–H groups in total. The molecule has 1 amide bonds. The Morgan fingerprint density at radius 3 is 2.63 bits per heavy atom. The molecule has 0 aliphatic carbocycles. The molecule has 3 rings (SSSR count). The van der Waals surface area contributed by atoms with Crippen LogP contribution in [0, 0.1) is 0 Å². The van der Waals surface area contributed by atoms with Crippen LogP contribution in [0.1, 0.15) is 16.2 Å². The molecule has 158 valence electrons. The standard InChI is InChI=1S/C19H20N4O6S/c1-27-14-7-8-15(16(10-14)28-2)18-21-17(29-22-18)11-20-19(24)12-5-4-6-13(9-12)23-30(3,25)26/h4-10,23H,11H2,1-3H3,(H,20,24). The summed E-state index contributed by atoms with van der Waals surface area (Å²) in [4.78, 5) is 16.6. The first-order chi connectivity index (χ1) is 14.3. The Morgan fingerprint density at radius 2 is 1.93 bits per heavy atom. The van der Waals surface area contributed by atoms with Crippen molar-refractivity contribution in [2.24, 2.45) is 0 Å². The first-order valence-corrected chi connectivity index (χ1v) is 10.6. The Balaban J connectivity index is 1.69. The zero-order chi connectivity index (χ0) is 21.7. The lowest BCUT2D eigenvalue weighted by Crippen LogP contribution is -2.23. The molecule has 0 aliphatic rings. The number of nitrogens with zero attached hydrogens (tertiary/aromatic N) is 2. The third kappa shape index (κ3) is 5.26. The van der Waals surface area contributed by atoms with Crippen molar-refractivity contribution >= 4 is 21.6 Å². The van der Waals surface area contributed by atoms with Crippen LogP contribution in [0.5, 0.6) is 11.5 Å². The maximum atomic E-state index is 12.4. The van der Waals surface area contributed by atoms with Gasteiger partial charge in [0.05, 0.1) is 32.6 Å². The van der Waals surface area contributed by atoms with E-state index >= 15 is 0 Å². The lowest BCUT2D eigenvalue weighted by atomic mass is 10.2. The van der Waals surface area contributed by atoms with Gasteiger partial charge in [0.2, 0.25) is 21.7 Å². The summed E-state index contributed by atoms with van der Waals surface area (Å²) >= 11 is 0. The molecule has 0 saturated carbocycles. The molecule has 0 radical (unpaired) electrons. The fourth-order valence-corrected chi connectivity index (χ4v) is 3.17. The second-order valence-electron chi connectivity index (χ2n) is 6.22. The number of aromatic nitrogens is 2. The molecular weight excluding hydrogens is 412 g/mol. The number of methoxy groups -OCH3 is 2. The van der Waals surface area contributed by atoms with E-state index in [1.165, 1.54) is 13.2 Å². The van der Waals surface area contributed by atoms with Crippen molar-refractivity contribution in [3.63, 3.8) is 0 Å². The van der Waals surface area contributed by atoms with E-state index in [1.807, 2.05) is 0 Å². The average molecular weight is 432 g/mol. The highest BCUT2D eigenvalue weighted by atomic mass is 32.2. The monoisotopic (exact) mass is 432 g/mol. The van der Waals surface area contributed by atoms with Gasteiger partial charge >= 0.3 is 0 Å². The third-order valence-corrected chi connectivity index (χ3v) is 4.55. The van der Waals surface area contributed by atoms with Crippen molar-refractivity contribution in [2.75, 3.05) is 25.2 Å². The van der Waals surface area contributed by atoms with Gasteiger partial charge in [-0.25, -0.2) is 8.42 Å². The number of hydrogen-bond acceptors (Lipinski definition) is 8. The van der Waals surface area contributed by atoms with Gasteiger partial charge in [-0.1, -0.05) is 11.2 Å². The van der Waals surface area contributed by atoms with E-state index in [9.17, 15) is 13.2 Å². The molecule has 3 aromatic rings. The van der Waals surface area contributed by atoms with Crippen LogP contribution in [0.15, 0.2) is 47.0 Å². The summed E-state index contributed by atoms with van der Waals surface area (Å²) in [5.74, 6) is 1.22. The number of carbonyl (C=O) groups excluding carboxylic acids is 1. The molecule has 11 heteroatoms. The Morgan fingerprint density at radius 1 is 1.13 bits per heavy atom. The molecule has 2 aromatic carbocycles. The highest BCUT2D eigenvalue weighted by molar-refractivity contribution is 7.92. The number of anilines is 1. The normalized spacial score (nSPS) is 11.0. The number of carbonyl (C=O) groups is 1. The summed E-state index contributed by atoms with van der Waals surface area (Å²) in [7, 11) is -0.370. The van der Waals surface area contributed by atoms with E-state index in [4.69, 9.17) is 14.0 Å². The van der Waals surface area contributed by atoms with Gasteiger partial charge in [0, 0.05) is 17.3 Å². The number of nitrogens with one attached hydrogen (secondary N) is 2. The molecule has 10 nitrogen and oxygen atoms in total. The highest BCUT2D eigenvalue weighted by Crippen LogP contribution is 2.31. The second kappa shape index (κ2) is 8.82. The number of amides is 1. The van der Waals surface area contributed by atoms with Gasteiger partial charge in [0.1, 0.15) is 11.5 Å². The fraction of sp³-hybridized carbons (Fsp3) is 0.211. The molecule has 0 fully saturated rings. The van der Waals surface area contributed by atoms with Crippen LogP contribution in [0.2, 0.25) is 0 Å². The summed E-state index contributed by atoms with van der Waals surface area (Å²) in [5, 5.41) is 6.57. The molecule has 0 atom stereocenters. The summed E-state index contributed by atoms with van der Waals surface area (Å²) < 4.78 is 40.7. The zero-order valence-electron chi connectivity index (χ0n) is 16.5.